The fourth-order valence-electron chi connectivity index (χ4n) is 3.56. The Bertz CT molecular complexity index is 1340. The molecule has 0 saturated carbocycles. The van der Waals surface area contributed by atoms with Gasteiger partial charge in [-0.1, -0.05) is 37.6 Å². The van der Waals surface area contributed by atoms with Crippen molar-refractivity contribution in [2.75, 3.05) is 56.3 Å². The van der Waals surface area contributed by atoms with E-state index in [9.17, 15) is 8.42 Å². The highest BCUT2D eigenvalue weighted by atomic mass is 35.5. The fraction of sp³-hybridized carbons (Fsp3) is 0.407. The van der Waals surface area contributed by atoms with Gasteiger partial charge in [-0.3, -0.25) is 0 Å². The van der Waals surface area contributed by atoms with Crippen LogP contribution in [-0.4, -0.2) is 63.6 Å². The number of nitrogens with one attached hydrogen (secondary N) is 4. The molecule has 10 nitrogen and oxygen atoms in total. The summed E-state index contributed by atoms with van der Waals surface area (Å²) in [4.78, 5) is 11.0. The van der Waals surface area contributed by atoms with E-state index in [2.05, 4.69) is 49.6 Å². The molecule has 0 saturated heterocycles. The number of nitrogens with zero attached hydrogens (tertiary/aromatic N) is 3. The monoisotopic (exact) mass is 575 g/mol. The number of aromatic nitrogens is 2. The molecule has 3 rings (SSSR count). The lowest BCUT2D eigenvalue weighted by atomic mass is 10.2. The third-order valence-electron chi connectivity index (χ3n) is 5.49. The van der Waals surface area contributed by atoms with Crippen LogP contribution < -0.4 is 25.4 Å². The van der Waals surface area contributed by atoms with E-state index in [-0.39, 0.29) is 27.6 Å². The molecule has 0 spiro atoms. The number of anilines is 5. The third-order valence-corrected chi connectivity index (χ3v) is 7.25. The van der Waals surface area contributed by atoms with Crippen LogP contribution in [0, 0.1) is 5.92 Å². The van der Waals surface area contributed by atoms with Crippen LogP contribution in [0.25, 0.3) is 0 Å². The summed E-state index contributed by atoms with van der Waals surface area (Å²) in [7, 11) is 0.364. The predicted octanol–water partition coefficient (Wildman–Crippen LogP) is 5.31. The van der Waals surface area contributed by atoms with Gasteiger partial charge in [0.2, 0.25) is 16.0 Å². The number of halogens is 1. The van der Waals surface area contributed by atoms with Gasteiger partial charge < -0.3 is 25.6 Å². The summed E-state index contributed by atoms with van der Waals surface area (Å²) in [5.41, 5.74) is 1.98. The molecule has 3 aromatic rings. The summed E-state index contributed by atoms with van der Waals surface area (Å²) in [6.45, 7) is 8.46. The second-order valence-electron chi connectivity index (χ2n) is 9.61. The maximum absolute atomic E-state index is 12.9. The number of para-hydroxylation sites is 1. The molecule has 0 aliphatic heterocycles. The molecule has 1 aromatic heterocycles. The van der Waals surface area contributed by atoms with E-state index < -0.39 is 10.0 Å². The van der Waals surface area contributed by atoms with Crippen LogP contribution in [0.1, 0.15) is 27.2 Å². The third kappa shape index (κ3) is 9.24. The minimum atomic E-state index is -3.75. The Morgan fingerprint density at radius 1 is 1.08 bits per heavy atom. The van der Waals surface area contributed by atoms with Gasteiger partial charge in [0, 0.05) is 24.8 Å². The van der Waals surface area contributed by atoms with E-state index in [1.807, 2.05) is 39.0 Å². The summed E-state index contributed by atoms with van der Waals surface area (Å²) >= 11 is 6.38. The maximum atomic E-state index is 12.9. The van der Waals surface area contributed by atoms with E-state index in [1.165, 1.54) is 12.3 Å². The molecular formula is C27H38ClN7O3S. The lowest BCUT2D eigenvalue weighted by Crippen LogP contribution is -2.28. The van der Waals surface area contributed by atoms with Crippen molar-refractivity contribution >= 4 is 50.5 Å². The second-order valence-corrected chi connectivity index (χ2v) is 11.8. The molecule has 0 atom stereocenters. The van der Waals surface area contributed by atoms with Gasteiger partial charge in [-0.25, -0.2) is 18.1 Å². The minimum absolute atomic E-state index is 0.0992. The van der Waals surface area contributed by atoms with Crippen LogP contribution in [0.2, 0.25) is 5.02 Å². The number of rotatable bonds is 15. The van der Waals surface area contributed by atoms with E-state index in [0.29, 0.717) is 30.3 Å². The molecule has 0 unspecified atom stereocenters. The number of benzene rings is 2. The van der Waals surface area contributed by atoms with Crippen LogP contribution in [0.5, 0.6) is 5.75 Å². The summed E-state index contributed by atoms with van der Waals surface area (Å²) in [5, 5.41) is 9.91. The van der Waals surface area contributed by atoms with Gasteiger partial charge >= 0.3 is 0 Å². The van der Waals surface area contributed by atoms with Crippen molar-refractivity contribution in [3.05, 3.63) is 53.7 Å². The van der Waals surface area contributed by atoms with Crippen LogP contribution in [0.3, 0.4) is 0 Å². The normalized spacial score (nSPS) is 11.6. The lowest BCUT2D eigenvalue weighted by molar-refractivity contribution is 0.342. The number of hydrogen-bond donors (Lipinski definition) is 4. The first-order valence-corrected chi connectivity index (χ1v) is 14.8. The van der Waals surface area contributed by atoms with Crippen LogP contribution >= 0.6 is 11.6 Å². The van der Waals surface area contributed by atoms with Gasteiger partial charge in [-0.2, -0.15) is 4.98 Å². The Morgan fingerprint density at radius 3 is 2.56 bits per heavy atom. The fourth-order valence-corrected chi connectivity index (χ4v) is 5.07. The molecule has 0 fully saturated rings. The van der Waals surface area contributed by atoms with Crippen molar-refractivity contribution in [1.82, 2.24) is 19.6 Å². The van der Waals surface area contributed by atoms with Gasteiger partial charge in [0.1, 0.15) is 15.7 Å². The highest BCUT2D eigenvalue weighted by molar-refractivity contribution is 7.89. The summed E-state index contributed by atoms with van der Waals surface area (Å²) in [5.74, 6) is 1.35. The Hall–Kier alpha value is -3.12. The second kappa shape index (κ2) is 14.3. The molecule has 12 heteroatoms. The largest absolute Gasteiger partial charge is 0.492 e. The number of ether oxygens (including phenoxy) is 1. The van der Waals surface area contributed by atoms with E-state index in [1.54, 1.807) is 18.2 Å². The standard InChI is InChI=1S/C27H38ClN7O3S/c1-6-38-24-16-20(29-14-9-15-35(4)5)12-13-22(24)33-27-30-18-21(28)26(34-27)32-23-10-7-8-11-25(23)39(36,37)31-17-19(2)3/h7-8,10-13,16,18-19,29,31H,6,9,14-15,17H2,1-5H3,(H2,30,32,33,34). The van der Waals surface area contributed by atoms with Crippen LogP contribution in [0.15, 0.2) is 53.6 Å². The van der Waals surface area contributed by atoms with Crippen molar-refractivity contribution in [2.45, 2.75) is 32.1 Å². The molecule has 0 radical (unpaired) electrons. The van der Waals surface area contributed by atoms with Gasteiger partial charge in [0.25, 0.3) is 0 Å². The smallest absolute Gasteiger partial charge is 0.242 e. The maximum Gasteiger partial charge on any atom is 0.242 e. The first-order chi connectivity index (χ1) is 18.6. The predicted molar refractivity (Wildman–Crippen MR) is 159 cm³/mol. The SMILES string of the molecule is CCOc1cc(NCCCN(C)C)ccc1Nc1ncc(Cl)c(Nc2ccccc2S(=O)(=O)NCC(C)C)n1. The number of sulfonamides is 1. The molecule has 212 valence electrons. The Balaban J connectivity index is 1.80. The van der Waals surface area contributed by atoms with Gasteiger partial charge in [-0.15, -0.1) is 0 Å². The molecule has 1 heterocycles. The lowest BCUT2D eigenvalue weighted by Gasteiger charge is -2.16. The molecule has 0 amide bonds. The van der Waals surface area contributed by atoms with Crippen LogP contribution in [0.4, 0.5) is 28.8 Å². The van der Waals surface area contributed by atoms with Crippen molar-refractivity contribution < 1.29 is 13.2 Å². The Labute approximate surface area is 236 Å². The zero-order valence-electron chi connectivity index (χ0n) is 23.1. The van der Waals surface area contributed by atoms with Crippen molar-refractivity contribution in [3.8, 4) is 5.75 Å². The Kier molecular flexibility index (Phi) is 11.2. The van der Waals surface area contributed by atoms with E-state index >= 15 is 0 Å². The molecule has 0 aliphatic rings. The van der Waals surface area contributed by atoms with Crippen molar-refractivity contribution in [2.24, 2.45) is 5.92 Å². The molecule has 39 heavy (non-hydrogen) atoms. The molecular weight excluding hydrogens is 538 g/mol. The molecule has 0 aliphatic carbocycles. The van der Waals surface area contributed by atoms with Crippen molar-refractivity contribution in [3.63, 3.8) is 0 Å². The average Bonchev–Trinajstić information content (AvgIpc) is 2.89. The Morgan fingerprint density at radius 2 is 1.85 bits per heavy atom. The van der Waals surface area contributed by atoms with E-state index in [4.69, 9.17) is 16.3 Å². The van der Waals surface area contributed by atoms with Gasteiger partial charge in [-0.05, 0) is 64.2 Å². The quantitative estimate of drug-likeness (QED) is 0.179. The topological polar surface area (TPSA) is 121 Å². The molecule has 0 bridgehead atoms. The summed E-state index contributed by atoms with van der Waals surface area (Å²) < 4.78 is 34.4. The summed E-state index contributed by atoms with van der Waals surface area (Å²) in [6, 6.07) is 12.4. The summed E-state index contributed by atoms with van der Waals surface area (Å²) in [6.07, 6.45) is 2.47. The first-order valence-electron chi connectivity index (χ1n) is 12.9. The zero-order chi connectivity index (χ0) is 28.4. The van der Waals surface area contributed by atoms with Gasteiger partial charge in [0.15, 0.2) is 5.82 Å². The zero-order valence-corrected chi connectivity index (χ0v) is 24.7. The highest BCUT2D eigenvalue weighted by Gasteiger charge is 2.20. The first kappa shape index (κ1) is 30.4. The number of hydrogen-bond acceptors (Lipinski definition) is 9. The van der Waals surface area contributed by atoms with Crippen LogP contribution in [-0.2, 0) is 10.0 Å². The average molecular weight is 576 g/mol. The van der Waals surface area contributed by atoms with Crippen molar-refractivity contribution in [1.29, 1.82) is 0 Å². The highest BCUT2D eigenvalue weighted by Crippen LogP contribution is 2.32. The molecule has 2 aromatic carbocycles. The molecule has 4 N–H and O–H groups in total. The van der Waals surface area contributed by atoms with E-state index in [0.717, 1.165) is 25.2 Å². The van der Waals surface area contributed by atoms with Gasteiger partial charge in [0.05, 0.1) is 24.2 Å². The minimum Gasteiger partial charge on any atom is -0.492 e.